The number of methoxy groups -OCH3 is 1. The van der Waals surface area contributed by atoms with Gasteiger partial charge in [-0.1, -0.05) is 55.7 Å². The van der Waals surface area contributed by atoms with Crippen molar-refractivity contribution in [2.75, 3.05) is 25.7 Å². The summed E-state index contributed by atoms with van der Waals surface area (Å²) in [5, 5.41) is 6.64. The molecule has 1 aliphatic rings. The molecule has 1 fully saturated rings. The van der Waals surface area contributed by atoms with Crippen LogP contribution < -0.4 is 10.6 Å². The highest BCUT2D eigenvalue weighted by Gasteiger charge is 2.24. The fourth-order valence-corrected chi connectivity index (χ4v) is 5.28. The maximum absolute atomic E-state index is 13.4. The highest BCUT2D eigenvalue weighted by Crippen LogP contribution is 2.29. The number of carbonyl (C=O) groups excluding carboxylic acids is 2. The standard InChI is InChI=1S/C29H40N2O3S/c1-21-10-7-8-14-24(21)26-20-22(11-9-18-30-23-12-5-4-6-13-23)15-16-25(26)28(32)31-27(17-19-35-3)29(33)34-2/h7-8,10,14-16,20,23,27,30H,4-6,9,11-13,17-19H2,1-3H3,(H,31,32)/t27-/m0/s1. The van der Waals surface area contributed by atoms with Crippen LogP contribution in [0, 0.1) is 6.92 Å². The van der Waals surface area contributed by atoms with Crippen LogP contribution in [0.15, 0.2) is 42.5 Å². The molecule has 0 aliphatic heterocycles. The number of amides is 1. The van der Waals surface area contributed by atoms with Gasteiger partial charge < -0.3 is 15.4 Å². The van der Waals surface area contributed by atoms with Crippen LogP contribution in [0.2, 0.25) is 0 Å². The lowest BCUT2D eigenvalue weighted by Crippen LogP contribution is -2.42. The molecule has 0 bridgehead atoms. The van der Waals surface area contributed by atoms with Crippen LogP contribution in [0.1, 0.15) is 66.4 Å². The molecule has 5 nitrogen and oxygen atoms in total. The van der Waals surface area contributed by atoms with E-state index in [0.717, 1.165) is 41.8 Å². The number of ether oxygens (including phenoxy) is 1. The van der Waals surface area contributed by atoms with Crippen molar-refractivity contribution in [3.8, 4) is 11.1 Å². The summed E-state index contributed by atoms with van der Waals surface area (Å²) in [5.41, 5.74) is 4.87. The normalized spacial score (nSPS) is 14.9. The highest BCUT2D eigenvalue weighted by atomic mass is 32.2. The van der Waals surface area contributed by atoms with Gasteiger partial charge in [0.25, 0.3) is 5.91 Å². The van der Waals surface area contributed by atoms with Crippen molar-refractivity contribution in [2.24, 2.45) is 0 Å². The minimum absolute atomic E-state index is 0.245. The Morgan fingerprint density at radius 3 is 2.57 bits per heavy atom. The fraction of sp³-hybridized carbons (Fsp3) is 0.517. The van der Waals surface area contributed by atoms with Gasteiger partial charge in [0.05, 0.1) is 7.11 Å². The minimum atomic E-state index is -0.657. The Morgan fingerprint density at radius 1 is 1.09 bits per heavy atom. The van der Waals surface area contributed by atoms with Gasteiger partial charge in [0.2, 0.25) is 0 Å². The Labute approximate surface area is 214 Å². The second-order valence-electron chi connectivity index (χ2n) is 9.42. The Hall–Kier alpha value is -2.31. The van der Waals surface area contributed by atoms with Gasteiger partial charge >= 0.3 is 5.97 Å². The van der Waals surface area contributed by atoms with E-state index in [1.54, 1.807) is 11.8 Å². The predicted octanol–water partition coefficient (Wildman–Crippen LogP) is 5.54. The number of nitrogens with one attached hydrogen (secondary N) is 2. The zero-order valence-electron chi connectivity index (χ0n) is 21.4. The molecule has 2 N–H and O–H groups in total. The lowest BCUT2D eigenvalue weighted by Gasteiger charge is -2.22. The first-order chi connectivity index (χ1) is 17.0. The zero-order valence-corrected chi connectivity index (χ0v) is 22.2. The lowest BCUT2D eigenvalue weighted by molar-refractivity contribution is -0.142. The molecular weight excluding hydrogens is 456 g/mol. The van der Waals surface area contributed by atoms with E-state index in [1.807, 2.05) is 30.5 Å². The van der Waals surface area contributed by atoms with Crippen LogP contribution in [-0.4, -0.2) is 49.6 Å². The third-order valence-corrected chi connectivity index (χ3v) is 7.49. The van der Waals surface area contributed by atoms with Gasteiger partial charge in [-0.15, -0.1) is 0 Å². The minimum Gasteiger partial charge on any atom is -0.467 e. The summed E-state index contributed by atoms with van der Waals surface area (Å²) in [6, 6.07) is 14.2. The van der Waals surface area contributed by atoms with Crippen molar-refractivity contribution >= 4 is 23.6 Å². The second-order valence-corrected chi connectivity index (χ2v) is 10.4. The molecule has 0 radical (unpaired) electrons. The zero-order chi connectivity index (χ0) is 25.0. The predicted molar refractivity (Wildman–Crippen MR) is 146 cm³/mol. The van der Waals surface area contributed by atoms with E-state index in [4.69, 9.17) is 4.74 Å². The van der Waals surface area contributed by atoms with E-state index in [2.05, 4.69) is 35.8 Å². The Balaban J connectivity index is 1.76. The molecule has 2 aromatic rings. The second kappa shape index (κ2) is 14.3. The highest BCUT2D eigenvalue weighted by molar-refractivity contribution is 7.98. The van der Waals surface area contributed by atoms with Crippen molar-refractivity contribution in [1.29, 1.82) is 0 Å². The molecule has 35 heavy (non-hydrogen) atoms. The SMILES string of the molecule is COC(=O)[C@H](CCSC)NC(=O)c1ccc(CCCNC2CCCCC2)cc1-c1ccccc1C. The van der Waals surface area contributed by atoms with Crippen molar-refractivity contribution in [2.45, 2.75) is 70.4 Å². The van der Waals surface area contributed by atoms with E-state index < -0.39 is 12.0 Å². The van der Waals surface area contributed by atoms with Crippen LogP contribution in [0.4, 0.5) is 0 Å². The fourth-order valence-electron chi connectivity index (χ4n) is 4.81. The molecular formula is C29H40N2O3S. The first kappa shape index (κ1) is 27.3. The maximum atomic E-state index is 13.4. The molecule has 0 spiro atoms. The summed E-state index contributed by atoms with van der Waals surface area (Å²) in [6.45, 7) is 3.08. The van der Waals surface area contributed by atoms with E-state index in [9.17, 15) is 9.59 Å². The summed E-state index contributed by atoms with van der Waals surface area (Å²) in [5.74, 6) is 0.107. The molecule has 0 unspecified atom stereocenters. The molecule has 1 atom stereocenters. The third kappa shape index (κ3) is 8.11. The molecule has 190 valence electrons. The Bertz CT molecular complexity index is 972. The van der Waals surface area contributed by atoms with Gasteiger partial charge in [0, 0.05) is 11.6 Å². The van der Waals surface area contributed by atoms with Gasteiger partial charge in [0.1, 0.15) is 6.04 Å². The summed E-state index contributed by atoms with van der Waals surface area (Å²) in [4.78, 5) is 25.6. The van der Waals surface area contributed by atoms with Crippen LogP contribution in [0.3, 0.4) is 0 Å². The number of benzene rings is 2. The van der Waals surface area contributed by atoms with Crippen molar-refractivity contribution in [1.82, 2.24) is 10.6 Å². The van der Waals surface area contributed by atoms with Crippen molar-refractivity contribution in [3.63, 3.8) is 0 Å². The van der Waals surface area contributed by atoms with Crippen molar-refractivity contribution < 1.29 is 14.3 Å². The maximum Gasteiger partial charge on any atom is 0.328 e. The van der Waals surface area contributed by atoms with Gasteiger partial charge in [-0.25, -0.2) is 4.79 Å². The van der Waals surface area contributed by atoms with Crippen molar-refractivity contribution in [3.05, 3.63) is 59.2 Å². The van der Waals surface area contributed by atoms with E-state index >= 15 is 0 Å². The number of hydrogen-bond donors (Lipinski definition) is 2. The quantitative estimate of drug-likeness (QED) is 0.298. The number of aryl methyl sites for hydroxylation is 2. The number of hydrogen-bond acceptors (Lipinski definition) is 5. The molecule has 1 amide bonds. The summed E-state index contributed by atoms with van der Waals surface area (Å²) in [6.07, 6.45) is 11.2. The topological polar surface area (TPSA) is 67.4 Å². The summed E-state index contributed by atoms with van der Waals surface area (Å²) >= 11 is 1.64. The molecule has 0 heterocycles. The van der Waals surface area contributed by atoms with E-state index in [1.165, 1.54) is 44.8 Å². The smallest absolute Gasteiger partial charge is 0.328 e. The van der Waals surface area contributed by atoms with Gasteiger partial charge in [-0.3, -0.25) is 4.79 Å². The monoisotopic (exact) mass is 496 g/mol. The summed E-state index contributed by atoms with van der Waals surface area (Å²) in [7, 11) is 1.36. The van der Waals surface area contributed by atoms with E-state index in [-0.39, 0.29) is 5.91 Å². The molecule has 0 aromatic heterocycles. The summed E-state index contributed by atoms with van der Waals surface area (Å²) < 4.78 is 4.93. The number of carbonyl (C=O) groups is 2. The average Bonchev–Trinajstić information content (AvgIpc) is 2.89. The first-order valence-corrected chi connectivity index (χ1v) is 14.2. The Morgan fingerprint density at radius 2 is 1.86 bits per heavy atom. The number of rotatable bonds is 12. The number of thioether (sulfide) groups is 1. The Kier molecular flexibility index (Phi) is 11.1. The van der Waals surface area contributed by atoms with Crippen LogP contribution >= 0.6 is 11.8 Å². The molecule has 6 heteroatoms. The third-order valence-electron chi connectivity index (χ3n) is 6.85. The van der Waals surface area contributed by atoms with Gasteiger partial charge in [0.15, 0.2) is 0 Å². The lowest BCUT2D eigenvalue weighted by atomic mass is 9.92. The molecule has 1 saturated carbocycles. The average molecular weight is 497 g/mol. The largest absolute Gasteiger partial charge is 0.467 e. The molecule has 3 rings (SSSR count). The first-order valence-electron chi connectivity index (χ1n) is 12.8. The van der Waals surface area contributed by atoms with Crippen LogP contribution in [0.5, 0.6) is 0 Å². The molecule has 0 saturated heterocycles. The van der Waals surface area contributed by atoms with Gasteiger partial charge in [-0.2, -0.15) is 11.8 Å². The van der Waals surface area contributed by atoms with E-state index in [0.29, 0.717) is 18.0 Å². The van der Waals surface area contributed by atoms with Crippen LogP contribution in [0.25, 0.3) is 11.1 Å². The molecule has 1 aliphatic carbocycles. The van der Waals surface area contributed by atoms with Gasteiger partial charge in [-0.05, 0) is 85.9 Å². The number of esters is 1. The van der Waals surface area contributed by atoms with Crippen LogP contribution in [-0.2, 0) is 16.0 Å². The molecule has 2 aromatic carbocycles.